The summed E-state index contributed by atoms with van der Waals surface area (Å²) in [6, 6.07) is 1.38. The van der Waals surface area contributed by atoms with Crippen molar-refractivity contribution in [3.8, 4) is 0 Å². The third-order valence-electron chi connectivity index (χ3n) is 1.69. The zero-order valence-electron chi connectivity index (χ0n) is 10.6. The van der Waals surface area contributed by atoms with Gasteiger partial charge in [0, 0.05) is 12.1 Å². The van der Waals surface area contributed by atoms with E-state index in [2.05, 4.69) is 39.5 Å². The molecule has 0 atom stereocenters. The topological polar surface area (TPSA) is 40.5 Å². The van der Waals surface area contributed by atoms with Gasteiger partial charge in [0.05, 0.1) is 0 Å². The third-order valence-corrected chi connectivity index (χ3v) is 1.69. The van der Waals surface area contributed by atoms with E-state index in [1.807, 2.05) is 0 Å². The van der Waals surface area contributed by atoms with Crippen LogP contribution in [0.2, 0.25) is 11.4 Å². The van der Waals surface area contributed by atoms with Crippen molar-refractivity contribution in [2.24, 2.45) is 0 Å². The zero-order valence-corrected chi connectivity index (χ0v) is 12.5. The van der Waals surface area contributed by atoms with Crippen molar-refractivity contribution < 1.29 is 7.84 Å². The van der Waals surface area contributed by atoms with Crippen molar-refractivity contribution in [3.63, 3.8) is 0 Å². The van der Waals surface area contributed by atoms with Gasteiger partial charge in [0.25, 0.3) is 0 Å². The van der Waals surface area contributed by atoms with Crippen LogP contribution in [0.4, 0.5) is 0 Å². The number of nitrogens with zero attached hydrogens (tertiary/aromatic N) is 1. The summed E-state index contributed by atoms with van der Waals surface area (Å²) in [4.78, 5) is 2.46. The molecular weight excluding hydrogens is 241 g/mol. The quantitative estimate of drug-likeness (QED) is 0.797. The van der Waals surface area contributed by atoms with Crippen molar-refractivity contribution in [1.29, 1.82) is 0 Å². The Labute approximate surface area is 91.5 Å². The van der Waals surface area contributed by atoms with E-state index < -0.39 is 13.8 Å². The summed E-state index contributed by atoms with van der Waals surface area (Å²) in [7, 11) is 0. The van der Waals surface area contributed by atoms with Gasteiger partial charge in [-0.3, -0.25) is 4.90 Å². The van der Waals surface area contributed by atoms with E-state index in [4.69, 9.17) is 4.10 Å². The van der Waals surface area contributed by atoms with Gasteiger partial charge in [-0.05, 0) is 34.2 Å². The summed E-state index contributed by atoms with van der Waals surface area (Å²) in [6.45, 7) is 12.3. The van der Waals surface area contributed by atoms with Crippen LogP contribution in [0.15, 0.2) is 0 Å². The van der Waals surface area contributed by atoms with Crippen molar-refractivity contribution >= 4 is 13.8 Å². The maximum absolute atomic E-state index is 9.83. The van der Waals surface area contributed by atoms with Crippen LogP contribution in [-0.2, 0) is 3.74 Å². The second kappa shape index (κ2) is 7.55. The minimum absolute atomic E-state index is 0.690. The zero-order chi connectivity index (χ0) is 11.9. The molecule has 0 unspecified atom stereocenters. The maximum atomic E-state index is 9.83. The Kier molecular flexibility index (Phi) is 9.01. The molecule has 14 heavy (non-hydrogen) atoms. The molecule has 0 bridgehead atoms. The molecule has 0 saturated heterocycles. The molecule has 0 aliphatic heterocycles. The van der Waals surface area contributed by atoms with Crippen LogP contribution in [0.25, 0.3) is 0 Å². The molecule has 0 aromatic carbocycles. The van der Waals surface area contributed by atoms with Gasteiger partial charge in [0.15, 0.2) is 0 Å². The van der Waals surface area contributed by atoms with Gasteiger partial charge in [-0.2, -0.15) is 0 Å². The van der Waals surface area contributed by atoms with E-state index >= 15 is 0 Å². The fraction of sp³-hybridized carbons (Fsp3) is 1.00. The first-order valence-corrected chi connectivity index (χ1v) is 10.5. The molecule has 0 amide bonds. The molecule has 0 aliphatic carbocycles. The molecule has 0 aromatic rings. The molecule has 0 aromatic heterocycles. The van der Waals surface area contributed by atoms with Gasteiger partial charge in [-0.15, -0.1) is 0 Å². The van der Waals surface area contributed by atoms with E-state index in [0.717, 1.165) is 6.54 Å². The average molecular weight is 267 g/mol. The van der Waals surface area contributed by atoms with Crippen molar-refractivity contribution in [3.05, 3.63) is 0 Å². The molecular formula is C10H26AsNO2. The minimum atomic E-state index is -3.12. The van der Waals surface area contributed by atoms with E-state index in [1.165, 1.54) is 11.4 Å². The van der Waals surface area contributed by atoms with Crippen molar-refractivity contribution in [1.82, 2.24) is 4.90 Å². The Bertz CT molecular complexity index is 159. The van der Waals surface area contributed by atoms with Crippen LogP contribution in [-0.4, -0.2) is 41.5 Å². The predicted molar refractivity (Wildman–Crippen MR) is 63.0 cm³/mol. The molecule has 0 radical (unpaired) electrons. The van der Waals surface area contributed by atoms with Crippen LogP contribution in [0, 0.1) is 0 Å². The van der Waals surface area contributed by atoms with Crippen LogP contribution < -0.4 is 0 Å². The molecule has 0 heterocycles. The molecule has 1 N–H and O–H groups in total. The van der Waals surface area contributed by atoms with Gasteiger partial charge in [0.1, 0.15) is 0 Å². The van der Waals surface area contributed by atoms with Gasteiger partial charge in [-0.1, -0.05) is 6.92 Å². The number of hydrogen-bond acceptors (Lipinski definition) is 2. The second-order valence-electron chi connectivity index (χ2n) is 4.31. The predicted octanol–water partition coefficient (Wildman–Crippen LogP) is 2.24. The Hall–Kier alpha value is 0.278. The molecule has 0 spiro atoms. The van der Waals surface area contributed by atoms with Gasteiger partial charge < -0.3 is 0 Å². The van der Waals surface area contributed by atoms with Crippen LogP contribution >= 0.6 is 0 Å². The summed E-state index contributed by atoms with van der Waals surface area (Å²) in [5.41, 5.74) is 2.72. The third kappa shape index (κ3) is 14.8. The molecule has 88 valence electrons. The Morgan fingerprint density at radius 1 is 1.14 bits per heavy atom. The fourth-order valence-corrected chi connectivity index (χ4v) is 1.33. The Morgan fingerprint density at radius 3 is 1.36 bits per heavy atom. The van der Waals surface area contributed by atoms with Crippen LogP contribution in [0.1, 0.15) is 34.6 Å². The SMILES string of the molecule is CCN(C(C)C)C(C)C.C[As](C)(=O)O. The second-order valence-corrected chi connectivity index (χ2v) is 9.74. The molecule has 4 heteroatoms. The number of rotatable bonds is 3. The van der Waals surface area contributed by atoms with Gasteiger partial charge >= 0.3 is 33.1 Å². The summed E-state index contributed by atoms with van der Waals surface area (Å²) in [6.07, 6.45) is 0. The summed E-state index contributed by atoms with van der Waals surface area (Å²) in [5, 5.41) is 0. The van der Waals surface area contributed by atoms with Crippen LogP contribution in [0.3, 0.4) is 0 Å². The Balaban J connectivity index is 0. The number of hydrogen-bond donors (Lipinski definition) is 1. The summed E-state index contributed by atoms with van der Waals surface area (Å²) < 4.78 is 18.0. The molecule has 0 fully saturated rings. The van der Waals surface area contributed by atoms with E-state index in [-0.39, 0.29) is 0 Å². The monoisotopic (exact) mass is 267 g/mol. The first-order chi connectivity index (χ1) is 6.09. The van der Waals surface area contributed by atoms with Crippen molar-refractivity contribution in [2.45, 2.75) is 58.1 Å². The van der Waals surface area contributed by atoms with E-state index in [0.29, 0.717) is 12.1 Å². The molecule has 0 aliphatic rings. The average Bonchev–Trinajstić information content (AvgIpc) is 1.81. The Morgan fingerprint density at radius 2 is 1.36 bits per heavy atom. The molecule has 3 nitrogen and oxygen atoms in total. The first kappa shape index (κ1) is 16.7. The van der Waals surface area contributed by atoms with Crippen molar-refractivity contribution in [2.75, 3.05) is 6.54 Å². The first-order valence-electron chi connectivity index (χ1n) is 5.13. The molecule has 0 rings (SSSR count). The van der Waals surface area contributed by atoms with Gasteiger partial charge in [0.2, 0.25) is 0 Å². The molecule has 0 saturated carbocycles. The van der Waals surface area contributed by atoms with E-state index in [1.54, 1.807) is 0 Å². The summed E-state index contributed by atoms with van der Waals surface area (Å²) >= 11 is -3.12. The van der Waals surface area contributed by atoms with Gasteiger partial charge in [-0.25, -0.2) is 0 Å². The normalized spacial score (nSPS) is 11.9. The van der Waals surface area contributed by atoms with E-state index in [9.17, 15) is 3.74 Å². The summed E-state index contributed by atoms with van der Waals surface area (Å²) in [5.74, 6) is 0. The standard InChI is InChI=1S/C8H19N.C2H7AsO2/c1-6-9(7(2)3)8(4)5;1-3(2,4)5/h7-8H,6H2,1-5H3;1-2H3,(H,4,5). The van der Waals surface area contributed by atoms with Crippen LogP contribution in [0.5, 0.6) is 0 Å². The fourth-order valence-electron chi connectivity index (χ4n) is 1.33.